The first-order valence-electron chi connectivity index (χ1n) is 9.49. The zero-order valence-electron chi connectivity index (χ0n) is 16.8. The lowest BCUT2D eigenvalue weighted by molar-refractivity contribution is -0.137. The fourth-order valence-corrected chi connectivity index (χ4v) is 4.88. The van der Waals surface area contributed by atoms with E-state index in [1.807, 2.05) is 4.90 Å². The number of hydrogen-bond acceptors (Lipinski definition) is 9. The number of hydrogen-bond donors (Lipinski definition) is 2. The van der Waals surface area contributed by atoms with Crippen molar-refractivity contribution in [2.75, 3.05) is 34.0 Å². The number of nitrogens with one attached hydrogen (secondary N) is 1. The molecule has 10 heteroatoms. The maximum absolute atomic E-state index is 13.5. The van der Waals surface area contributed by atoms with E-state index in [0.29, 0.717) is 12.2 Å². The van der Waals surface area contributed by atoms with Crippen LogP contribution in [0.2, 0.25) is 0 Å². The Hall–Kier alpha value is -2.43. The van der Waals surface area contributed by atoms with E-state index < -0.39 is 29.6 Å². The number of primary amides is 1. The molecule has 0 spiro atoms. The van der Waals surface area contributed by atoms with Gasteiger partial charge in [-0.05, 0) is 13.8 Å². The lowest BCUT2D eigenvalue weighted by Crippen LogP contribution is -2.55. The maximum Gasteiger partial charge on any atom is 0.404 e. The van der Waals surface area contributed by atoms with Gasteiger partial charge in [-0.3, -0.25) is 9.59 Å². The Morgan fingerprint density at radius 3 is 2.69 bits per heavy atom. The monoisotopic (exact) mass is 407 g/mol. The van der Waals surface area contributed by atoms with Crippen LogP contribution in [0.3, 0.4) is 0 Å². The SMILES string of the molecule is COCC(C)OC1=C(C)C(=O)C2=C(C1=O)C(COC(N)=O)[C@@]1(OC)C3NC3CN21. The lowest BCUT2D eigenvalue weighted by atomic mass is 9.83. The number of carbonyl (C=O) groups excluding carboxylic acids is 3. The van der Waals surface area contributed by atoms with Crippen LogP contribution >= 0.6 is 0 Å². The molecule has 0 aromatic heterocycles. The Morgan fingerprint density at radius 1 is 1.34 bits per heavy atom. The van der Waals surface area contributed by atoms with E-state index in [0.717, 1.165) is 0 Å². The van der Waals surface area contributed by atoms with Crippen LogP contribution in [0.4, 0.5) is 4.79 Å². The minimum absolute atomic E-state index is 0.00453. The number of nitrogens with two attached hydrogens (primary N) is 1. The van der Waals surface area contributed by atoms with Gasteiger partial charge in [0.25, 0.3) is 0 Å². The van der Waals surface area contributed by atoms with Crippen LogP contribution in [0.5, 0.6) is 0 Å². The number of carbonyl (C=O) groups is 3. The zero-order valence-corrected chi connectivity index (χ0v) is 16.8. The van der Waals surface area contributed by atoms with Crippen LogP contribution in [0.25, 0.3) is 0 Å². The molecule has 0 bridgehead atoms. The normalized spacial score (nSPS) is 33.5. The standard InChI is InChI=1S/C19H25N3O7/c1-8(6-26-3)29-16-9(2)14(23)13-12(15(16)24)10(7-28-18(20)25)19(27-4)17-11(21-17)5-22(13)19/h8,10-11,17,21H,5-7H2,1-4H3,(H2,20,25)/t8?,10?,11?,17?,19-/m1/s1. The second kappa shape index (κ2) is 6.82. The van der Waals surface area contributed by atoms with Crippen molar-refractivity contribution in [3.05, 3.63) is 22.6 Å². The van der Waals surface area contributed by atoms with Crippen LogP contribution in [0, 0.1) is 5.92 Å². The number of ketones is 2. The molecule has 3 aliphatic heterocycles. The van der Waals surface area contributed by atoms with Crippen LogP contribution in [0.15, 0.2) is 22.6 Å². The Labute approximate surface area is 167 Å². The molecule has 0 aromatic rings. The predicted molar refractivity (Wildman–Crippen MR) is 98.3 cm³/mol. The number of Topliss-reactive ketones (excluding diaryl/α,β-unsaturated/α-hetero) is 2. The molecule has 0 radical (unpaired) electrons. The summed E-state index contributed by atoms with van der Waals surface area (Å²) in [6.45, 7) is 3.94. The molecular formula is C19H25N3O7. The van der Waals surface area contributed by atoms with Gasteiger partial charge in [-0.15, -0.1) is 0 Å². The number of amides is 1. The number of methoxy groups -OCH3 is 2. The highest BCUT2D eigenvalue weighted by atomic mass is 16.6. The van der Waals surface area contributed by atoms with Gasteiger partial charge in [-0.1, -0.05) is 0 Å². The molecule has 4 rings (SSSR count). The van der Waals surface area contributed by atoms with Crippen molar-refractivity contribution in [1.82, 2.24) is 10.2 Å². The summed E-state index contributed by atoms with van der Waals surface area (Å²) in [6, 6.07) is 0.0592. The molecule has 0 aromatic carbocycles. The van der Waals surface area contributed by atoms with Crippen molar-refractivity contribution < 1.29 is 33.3 Å². The first-order valence-corrected chi connectivity index (χ1v) is 9.49. The molecule has 1 amide bonds. The van der Waals surface area contributed by atoms with Crippen molar-refractivity contribution in [3.63, 3.8) is 0 Å². The van der Waals surface area contributed by atoms with Crippen molar-refractivity contribution >= 4 is 17.7 Å². The molecule has 1 aliphatic carbocycles. The average molecular weight is 407 g/mol. The minimum atomic E-state index is -0.996. The molecule has 2 fully saturated rings. The molecule has 158 valence electrons. The van der Waals surface area contributed by atoms with Crippen molar-refractivity contribution in [1.29, 1.82) is 0 Å². The number of fused-ring (bicyclic) bond motifs is 4. The topological polar surface area (TPSA) is 139 Å². The summed E-state index contributed by atoms with van der Waals surface area (Å²) in [5.41, 5.74) is 4.96. The van der Waals surface area contributed by atoms with E-state index in [2.05, 4.69) is 5.32 Å². The fraction of sp³-hybridized carbons (Fsp3) is 0.632. The Morgan fingerprint density at radius 2 is 2.07 bits per heavy atom. The van der Waals surface area contributed by atoms with E-state index in [1.54, 1.807) is 13.8 Å². The summed E-state index contributed by atoms with van der Waals surface area (Å²) in [7, 11) is 3.05. The van der Waals surface area contributed by atoms with Gasteiger partial charge in [0.15, 0.2) is 11.5 Å². The third-order valence-electron chi connectivity index (χ3n) is 6.09. The van der Waals surface area contributed by atoms with Crippen LogP contribution in [-0.2, 0) is 28.5 Å². The molecule has 4 aliphatic rings. The average Bonchev–Trinajstić information content (AvgIpc) is 3.28. The van der Waals surface area contributed by atoms with Crippen LogP contribution in [-0.4, -0.2) is 80.5 Å². The molecule has 29 heavy (non-hydrogen) atoms. The molecule has 0 saturated carbocycles. The van der Waals surface area contributed by atoms with Crippen LogP contribution < -0.4 is 11.1 Å². The van der Waals surface area contributed by atoms with E-state index in [1.165, 1.54) is 14.2 Å². The highest BCUT2D eigenvalue weighted by Gasteiger charge is 2.72. The summed E-state index contributed by atoms with van der Waals surface area (Å²) < 4.78 is 21.8. The first kappa shape index (κ1) is 19.9. The third-order valence-corrected chi connectivity index (χ3v) is 6.09. The summed E-state index contributed by atoms with van der Waals surface area (Å²) in [5.74, 6) is -1.37. The molecule has 3 heterocycles. The Kier molecular flexibility index (Phi) is 4.67. The second-order valence-corrected chi connectivity index (χ2v) is 7.76. The van der Waals surface area contributed by atoms with Gasteiger partial charge in [-0.2, -0.15) is 0 Å². The Bertz CT molecular complexity index is 851. The number of piperazine rings is 1. The summed E-state index contributed by atoms with van der Waals surface area (Å²) in [4.78, 5) is 39.9. The smallest absolute Gasteiger partial charge is 0.404 e. The first-order chi connectivity index (χ1) is 13.8. The summed E-state index contributed by atoms with van der Waals surface area (Å²) in [6.07, 6.45) is -1.38. The van der Waals surface area contributed by atoms with Crippen molar-refractivity contribution in [2.45, 2.75) is 37.8 Å². The third kappa shape index (κ3) is 2.70. The second-order valence-electron chi connectivity index (χ2n) is 7.76. The lowest BCUT2D eigenvalue weighted by Gasteiger charge is -2.39. The highest BCUT2D eigenvalue weighted by molar-refractivity contribution is 6.25. The van der Waals surface area contributed by atoms with Gasteiger partial charge in [0.05, 0.1) is 24.3 Å². The van der Waals surface area contributed by atoms with E-state index in [-0.39, 0.29) is 48.0 Å². The number of nitrogens with zero attached hydrogens (tertiary/aromatic N) is 1. The number of rotatable bonds is 7. The molecule has 2 saturated heterocycles. The summed E-state index contributed by atoms with van der Waals surface area (Å²) in [5, 5.41) is 3.31. The van der Waals surface area contributed by atoms with Gasteiger partial charge < -0.3 is 34.9 Å². The van der Waals surface area contributed by atoms with Gasteiger partial charge >= 0.3 is 6.09 Å². The number of ether oxygens (including phenoxy) is 4. The minimum Gasteiger partial charge on any atom is -0.484 e. The summed E-state index contributed by atoms with van der Waals surface area (Å²) >= 11 is 0. The molecule has 4 unspecified atom stereocenters. The maximum atomic E-state index is 13.5. The fourth-order valence-electron chi connectivity index (χ4n) is 4.88. The van der Waals surface area contributed by atoms with E-state index in [9.17, 15) is 14.4 Å². The quantitative estimate of drug-likeness (QED) is 0.420. The van der Waals surface area contributed by atoms with E-state index >= 15 is 0 Å². The molecule has 5 atom stereocenters. The van der Waals surface area contributed by atoms with Crippen molar-refractivity contribution in [3.8, 4) is 0 Å². The van der Waals surface area contributed by atoms with Gasteiger partial charge in [0.1, 0.15) is 12.7 Å². The zero-order chi connectivity index (χ0) is 21.1. The van der Waals surface area contributed by atoms with E-state index in [4.69, 9.17) is 24.7 Å². The van der Waals surface area contributed by atoms with Gasteiger partial charge in [-0.25, -0.2) is 4.79 Å². The molecular weight excluding hydrogens is 382 g/mol. The number of allylic oxidation sites excluding steroid dienone is 2. The van der Waals surface area contributed by atoms with Gasteiger partial charge in [0, 0.05) is 38.0 Å². The van der Waals surface area contributed by atoms with Crippen LogP contribution in [0.1, 0.15) is 13.8 Å². The highest BCUT2D eigenvalue weighted by Crippen LogP contribution is 2.55. The van der Waals surface area contributed by atoms with Crippen molar-refractivity contribution in [2.24, 2.45) is 11.7 Å². The predicted octanol–water partition coefficient (Wildman–Crippen LogP) is -0.558. The van der Waals surface area contributed by atoms with Gasteiger partial charge in [0.2, 0.25) is 11.6 Å². The molecule has 10 nitrogen and oxygen atoms in total. The Balaban J connectivity index is 1.75. The largest absolute Gasteiger partial charge is 0.484 e. The molecule has 3 N–H and O–H groups in total.